The number of ether oxygens (including phenoxy) is 1. The first-order valence-corrected chi connectivity index (χ1v) is 12.1. The van der Waals surface area contributed by atoms with Crippen molar-refractivity contribution in [1.29, 1.82) is 0 Å². The second kappa shape index (κ2) is 9.91. The minimum Gasteiger partial charge on any atom is -0.474 e. The molecule has 2 aliphatic rings. The van der Waals surface area contributed by atoms with Crippen molar-refractivity contribution in [2.45, 2.75) is 37.8 Å². The van der Waals surface area contributed by atoms with E-state index < -0.39 is 5.91 Å². The highest BCUT2D eigenvalue weighted by Crippen LogP contribution is 2.25. The summed E-state index contributed by atoms with van der Waals surface area (Å²) in [4.78, 5) is 37.9. The molecule has 184 valence electrons. The number of carbonyl (C=O) groups is 2. The van der Waals surface area contributed by atoms with Crippen LogP contribution in [0.4, 0.5) is 5.69 Å². The number of hydrogen-bond acceptors (Lipinski definition) is 7. The predicted molar refractivity (Wildman–Crippen MR) is 132 cm³/mol. The quantitative estimate of drug-likeness (QED) is 0.555. The summed E-state index contributed by atoms with van der Waals surface area (Å²) in [5.41, 5.74) is 8.13. The molecule has 3 aromatic rings. The molecule has 2 amide bonds. The number of fused-ring (bicyclic) bond motifs is 1. The van der Waals surface area contributed by atoms with Crippen LogP contribution >= 0.6 is 0 Å². The number of nitrogens with two attached hydrogens (primary N) is 1. The molecule has 10 nitrogen and oxygen atoms in total. The van der Waals surface area contributed by atoms with Crippen molar-refractivity contribution < 1.29 is 14.3 Å². The van der Waals surface area contributed by atoms with E-state index in [1.165, 1.54) is 0 Å². The van der Waals surface area contributed by atoms with Gasteiger partial charge in [-0.05, 0) is 50.9 Å². The minimum absolute atomic E-state index is 0.0526. The third kappa shape index (κ3) is 5.07. The van der Waals surface area contributed by atoms with Crippen LogP contribution in [0.1, 0.15) is 46.5 Å². The lowest BCUT2D eigenvalue weighted by Gasteiger charge is -2.34. The molecule has 10 heteroatoms. The number of hydrogen-bond donors (Lipinski definition) is 2. The summed E-state index contributed by atoms with van der Waals surface area (Å²) in [5.74, 6) is -0.415. The highest BCUT2D eigenvalue weighted by Gasteiger charge is 2.26. The zero-order chi connectivity index (χ0) is 24.4. The Morgan fingerprint density at radius 1 is 1.09 bits per heavy atom. The Labute approximate surface area is 204 Å². The van der Waals surface area contributed by atoms with Gasteiger partial charge in [-0.25, -0.2) is 9.97 Å². The number of pyridine rings is 2. The Morgan fingerprint density at radius 3 is 2.60 bits per heavy atom. The van der Waals surface area contributed by atoms with Gasteiger partial charge in [0.1, 0.15) is 23.0 Å². The number of nitrogens with zero attached hydrogens (tertiary/aromatic N) is 5. The number of piperazine rings is 1. The summed E-state index contributed by atoms with van der Waals surface area (Å²) in [5, 5.41) is 3.15. The molecule has 1 saturated carbocycles. The highest BCUT2D eigenvalue weighted by molar-refractivity contribution is 5.95. The lowest BCUT2D eigenvalue weighted by atomic mass is 9.93. The smallest absolute Gasteiger partial charge is 0.270 e. The molecule has 0 atom stereocenters. The highest BCUT2D eigenvalue weighted by atomic mass is 16.5. The first-order valence-electron chi connectivity index (χ1n) is 12.1. The molecule has 3 N–H and O–H groups in total. The maximum atomic E-state index is 13.0. The van der Waals surface area contributed by atoms with Crippen molar-refractivity contribution in [2.24, 2.45) is 5.73 Å². The van der Waals surface area contributed by atoms with Crippen molar-refractivity contribution in [3.8, 4) is 5.88 Å². The number of aromatic nitrogens is 3. The van der Waals surface area contributed by atoms with Crippen LogP contribution < -0.4 is 20.7 Å². The molecule has 3 aromatic heterocycles. The number of rotatable bonds is 6. The summed E-state index contributed by atoms with van der Waals surface area (Å²) in [6, 6.07) is 7.42. The summed E-state index contributed by atoms with van der Waals surface area (Å²) in [6.07, 6.45) is 8.14. The average molecular weight is 478 g/mol. The summed E-state index contributed by atoms with van der Waals surface area (Å²) >= 11 is 0. The van der Waals surface area contributed by atoms with E-state index >= 15 is 0 Å². The maximum absolute atomic E-state index is 13.0. The number of carbonyl (C=O) groups excluding carboxylic acids is 2. The number of amides is 2. The summed E-state index contributed by atoms with van der Waals surface area (Å²) in [6.45, 7) is 4.04. The van der Waals surface area contributed by atoms with Crippen LogP contribution in [0.25, 0.3) is 5.65 Å². The first kappa shape index (κ1) is 23.1. The molecule has 1 aliphatic carbocycles. The number of primary amides is 1. The fourth-order valence-electron chi connectivity index (χ4n) is 4.81. The SMILES string of the molecule is CN1CCN(c2ccn3c(C(=O)N[C@H]4CC[C@H](Oc5ncccc5C(N)=O)CC4)cnc3c2)CC1. The number of likely N-dealkylation sites (N-methyl/N-ethyl adjacent to an activating group) is 1. The Hall–Kier alpha value is -3.66. The van der Waals surface area contributed by atoms with E-state index in [2.05, 4.69) is 38.2 Å². The molecule has 0 radical (unpaired) electrons. The molecular formula is C25H31N7O3. The Bertz CT molecular complexity index is 1210. The fraction of sp³-hybridized carbons (Fsp3) is 0.440. The molecule has 5 rings (SSSR count). The molecule has 4 heterocycles. The van der Waals surface area contributed by atoms with E-state index in [0.717, 1.165) is 63.2 Å². The standard InChI is InChI=1S/C25H31N7O3/c1-30-11-13-31(14-12-30)18-8-10-32-21(16-28-22(32)15-18)24(34)29-17-4-6-19(7-5-17)35-25-20(23(26)33)3-2-9-27-25/h2-3,8-10,15-17,19H,4-7,11-14H2,1H3,(H2,26,33)(H,29,34)/t17-,19-. The molecular weight excluding hydrogens is 446 g/mol. The van der Waals surface area contributed by atoms with Crippen LogP contribution in [-0.4, -0.2) is 76.5 Å². The minimum atomic E-state index is -0.558. The molecule has 1 aliphatic heterocycles. The van der Waals surface area contributed by atoms with Crippen LogP contribution in [0.3, 0.4) is 0 Å². The van der Waals surface area contributed by atoms with E-state index in [4.69, 9.17) is 10.5 Å². The predicted octanol–water partition coefficient (Wildman–Crippen LogP) is 1.70. The number of anilines is 1. The van der Waals surface area contributed by atoms with Gasteiger partial charge in [0.05, 0.1) is 6.20 Å². The lowest BCUT2D eigenvalue weighted by Crippen LogP contribution is -2.44. The van der Waals surface area contributed by atoms with Crippen molar-refractivity contribution in [3.63, 3.8) is 0 Å². The van der Waals surface area contributed by atoms with Crippen LogP contribution in [0.2, 0.25) is 0 Å². The topological polar surface area (TPSA) is 118 Å². The monoisotopic (exact) mass is 477 g/mol. The molecule has 0 bridgehead atoms. The van der Waals surface area contributed by atoms with Gasteiger partial charge < -0.3 is 25.6 Å². The fourth-order valence-corrected chi connectivity index (χ4v) is 4.81. The summed E-state index contributed by atoms with van der Waals surface area (Å²) in [7, 11) is 2.14. The van der Waals surface area contributed by atoms with Crippen LogP contribution in [0, 0.1) is 0 Å². The molecule has 1 saturated heterocycles. The van der Waals surface area contributed by atoms with E-state index in [9.17, 15) is 9.59 Å². The summed E-state index contributed by atoms with van der Waals surface area (Å²) < 4.78 is 7.80. The van der Waals surface area contributed by atoms with Crippen LogP contribution in [-0.2, 0) is 0 Å². The third-order valence-corrected chi connectivity index (χ3v) is 6.92. The first-order chi connectivity index (χ1) is 17.0. The third-order valence-electron chi connectivity index (χ3n) is 6.92. The lowest BCUT2D eigenvalue weighted by molar-refractivity contribution is 0.0876. The van der Waals surface area contributed by atoms with Gasteiger partial charge in [-0.2, -0.15) is 0 Å². The van der Waals surface area contributed by atoms with Crippen LogP contribution in [0.5, 0.6) is 5.88 Å². The molecule has 0 unspecified atom stereocenters. The van der Waals surface area contributed by atoms with Gasteiger partial charge in [0.2, 0.25) is 5.88 Å². The molecule has 0 spiro atoms. The van der Waals surface area contributed by atoms with Crippen molar-refractivity contribution in [1.82, 2.24) is 24.6 Å². The van der Waals surface area contributed by atoms with Gasteiger partial charge >= 0.3 is 0 Å². The normalized spacial score (nSPS) is 21.1. The number of imidazole rings is 1. The zero-order valence-electron chi connectivity index (χ0n) is 19.9. The van der Waals surface area contributed by atoms with E-state index in [-0.39, 0.29) is 29.5 Å². The van der Waals surface area contributed by atoms with E-state index in [1.807, 2.05) is 16.7 Å². The van der Waals surface area contributed by atoms with Gasteiger partial charge in [0.25, 0.3) is 11.8 Å². The Kier molecular flexibility index (Phi) is 6.54. The van der Waals surface area contributed by atoms with Crippen LogP contribution in [0.15, 0.2) is 42.9 Å². The van der Waals surface area contributed by atoms with Gasteiger partial charge in [0, 0.05) is 56.4 Å². The van der Waals surface area contributed by atoms with Crippen molar-refractivity contribution >= 4 is 23.1 Å². The molecule has 35 heavy (non-hydrogen) atoms. The van der Waals surface area contributed by atoms with Gasteiger partial charge in [-0.3, -0.25) is 14.0 Å². The second-order valence-electron chi connectivity index (χ2n) is 9.33. The van der Waals surface area contributed by atoms with E-state index in [1.54, 1.807) is 24.5 Å². The maximum Gasteiger partial charge on any atom is 0.270 e. The number of nitrogens with one attached hydrogen (secondary N) is 1. The second-order valence-corrected chi connectivity index (χ2v) is 9.33. The van der Waals surface area contributed by atoms with Gasteiger partial charge in [-0.1, -0.05) is 0 Å². The van der Waals surface area contributed by atoms with Gasteiger partial charge in [-0.15, -0.1) is 0 Å². The van der Waals surface area contributed by atoms with Gasteiger partial charge in [0.15, 0.2) is 0 Å². The molecule has 2 fully saturated rings. The largest absolute Gasteiger partial charge is 0.474 e. The van der Waals surface area contributed by atoms with Crippen molar-refractivity contribution in [3.05, 3.63) is 54.1 Å². The van der Waals surface area contributed by atoms with E-state index in [0.29, 0.717) is 5.69 Å². The average Bonchev–Trinajstić information content (AvgIpc) is 3.29. The van der Waals surface area contributed by atoms with Crippen molar-refractivity contribution in [2.75, 3.05) is 38.1 Å². The Morgan fingerprint density at radius 2 is 1.86 bits per heavy atom. The molecule has 0 aromatic carbocycles. The Balaban J connectivity index is 1.18. The zero-order valence-corrected chi connectivity index (χ0v) is 19.9.